The molecule has 166 valence electrons. The van der Waals surface area contributed by atoms with E-state index in [1.165, 1.54) is 11.8 Å². The Labute approximate surface area is 177 Å². The lowest BCUT2D eigenvalue weighted by Gasteiger charge is -2.54. The maximum absolute atomic E-state index is 13.6. The Morgan fingerprint density at radius 3 is 2.52 bits per heavy atom. The molecule has 0 radical (unpaired) electrons. The Kier molecular flexibility index (Phi) is 5.20. The van der Waals surface area contributed by atoms with Crippen LogP contribution in [0.2, 0.25) is 0 Å². The van der Waals surface area contributed by atoms with Crippen LogP contribution in [0.4, 0.5) is 25.0 Å². The number of benzene rings is 1. The van der Waals surface area contributed by atoms with Gasteiger partial charge in [-0.2, -0.15) is 5.10 Å². The lowest BCUT2D eigenvalue weighted by atomic mass is 9.72. The van der Waals surface area contributed by atoms with Gasteiger partial charge < -0.3 is 24.8 Å². The highest BCUT2D eigenvalue weighted by molar-refractivity contribution is 6.03. The number of carbonyl (C=O) groups is 2. The van der Waals surface area contributed by atoms with Crippen LogP contribution in [0, 0.1) is 5.92 Å². The molecule has 2 heterocycles. The van der Waals surface area contributed by atoms with E-state index in [0.29, 0.717) is 23.4 Å². The lowest BCUT2D eigenvalue weighted by molar-refractivity contribution is -0.248. The molecule has 2 aromatic rings. The Bertz CT molecular complexity index is 1020. The summed E-state index contributed by atoms with van der Waals surface area (Å²) in [6.45, 7) is 3.27. The number of aromatic nitrogens is 2. The second-order valence-electron chi connectivity index (χ2n) is 8.20. The van der Waals surface area contributed by atoms with Gasteiger partial charge in [0.1, 0.15) is 6.09 Å². The number of carboxylic acid groups (broad SMARTS) is 1. The van der Waals surface area contributed by atoms with Gasteiger partial charge in [-0.15, -0.1) is 0 Å². The van der Waals surface area contributed by atoms with Crippen molar-refractivity contribution in [3.63, 3.8) is 0 Å². The predicted molar refractivity (Wildman–Crippen MR) is 107 cm³/mol. The fourth-order valence-electron chi connectivity index (χ4n) is 4.82. The molecule has 10 heteroatoms. The van der Waals surface area contributed by atoms with Gasteiger partial charge in [-0.05, 0) is 30.5 Å². The van der Waals surface area contributed by atoms with E-state index >= 15 is 0 Å². The first-order valence-electron chi connectivity index (χ1n) is 10.1. The monoisotopic (exact) mass is 433 g/mol. The van der Waals surface area contributed by atoms with Gasteiger partial charge in [0.25, 0.3) is 0 Å². The lowest BCUT2D eigenvalue weighted by Crippen LogP contribution is -2.65. The van der Waals surface area contributed by atoms with Crippen molar-refractivity contribution < 1.29 is 28.6 Å². The zero-order chi connectivity index (χ0) is 22.5. The van der Waals surface area contributed by atoms with E-state index in [0.717, 1.165) is 4.90 Å². The van der Waals surface area contributed by atoms with Gasteiger partial charge >= 0.3 is 0 Å². The number of aliphatic hydroxyl groups excluding tert-OH is 1. The molecule has 2 aliphatic rings. The van der Waals surface area contributed by atoms with Crippen LogP contribution in [-0.2, 0) is 11.3 Å². The SMILES string of the molecule is CC(=O)N1c2ccc(-c3cnn(CCO)c3)cc2N(C(=O)[O-])C(C2CC(F)(F)C2)[C@@H]1C. The summed E-state index contributed by atoms with van der Waals surface area (Å²) in [5.41, 5.74) is 1.94. The van der Waals surface area contributed by atoms with Crippen molar-refractivity contribution in [2.45, 2.75) is 51.2 Å². The van der Waals surface area contributed by atoms with Crippen LogP contribution in [0.3, 0.4) is 0 Å². The van der Waals surface area contributed by atoms with E-state index in [1.54, 1.807) is 42.2 Å². The van der Waals surface area contributed by atoms with E-state index in [4.69, 9.17) is 5.11 Å². The normalized spacial score (nSPS) is 22.7. The minimum absolute atomic E-state index is 0.0804. The Morgan fingerprint density at radius 1 is 1.23 bits per heavy atom. The number of carbonyl (C=O) groups excluding carboxylic acids is 2. The van der Waals surface area contributed by atoms with Gasteiger partial charge in [0.05, 0.1) is 42.8 Å². The largest absolute Gasteiger partial charge is 0.530 e. The third-order valence-electron chi connectivity index (χ3n) is 6.13. The molecule has 1 aromatic carbocycles. The summed E-state index contributed by atoms with van der Waals surface area (Å²) in [4.78, 5) is 27.1. The topological polar surface area (TPSA) is 102 Å². The van der Waals surface area contributed by atoms with E-state index in [-0.39, 0.29) is 18.2 Å². The second-order valence-corrected chi connectivity index (χ2v) is 8.20. The van der Waals surface area contributed by atoms with Crippen LogP contribution in [0.15, 0.2) is 30.6 Å². The molecule has 2 atom stereocenters. The first kappa shape index (κ1) is 21.2. The van der Waals surface area contributed by atoms with Crippen LogP contribution >= 0.6 is 0 Å². The van der Waals surface area contributed by atoms with E-state index in [2.05, 4.69) is 5.10 Å². The standard InChI is InChI=1S/C21H24F2N4O4/c1-12-19(15-8-21(22,23)9-15)27(20(30)31)18-7-14(3-4-17(18)26(12)13(2)29)16-10-24-25(11-16)5-6-28/h3-4,7,10-12,15,19,28H,5-6,8-9H2,1-2H3,(H,30,31)/p-1/t12-,19?/m0/s1. The molecule has 1 aliphatic heterocycles. The molecule has 0 spiro atoms. The Hall–Kier alpha value is -3.01. The summed E-state index contributed by atoms with van der Waals surface area (Å²) in [5, 5.41) is 25.4. The second kappa shape index (κ2) is 7.60. The molecule has 1 saturated carbocycles. The smallest absolute Gasteiger partial charge is 0.248 e. The fraction of sp³-hybridized carbons (Fsp3) is 0.476. The van der Waals surface area contributed by atoms with Crippen LogP contribution < -0.4 is 14.9 Å². The Morgan fingerprint density at radius 2 is 1.94 bits per heavy atom. The molecule has 2 amide bonds. The maximum atomic E-state index is 13.6. The van der Waals surface area contributed by atoms with Crippen molar-refractivity contribution in [3.8, 4) is 11.1 Å². The molecule has 1 N–H and O–H groups in total. The predicted octanol–water partition coefficient (Wildman–Crippen LogP) is 1.86. The molecule has 31 heavy (non-hydrogen) atoms. The summed E-state index contributed by atoms with van der Waals surface area (Å²) in [7, 11) is 0. The quantitative estimate of drug-likeness (QED) is 0.793. The molecule has 1 fully saturated rings. The number of amides is 2. The number of nitrogens with zero attached hydrogens (tertiary/aromatic N) is 4. The zero-order valence-corrected chi connectivity index (χ0v) is 17.2. The summed E-state index contributed by atoms with van der Waals surface area (Å²) < 4.78 is 28.8. The van der Waals surface area contributed by atoms with E-state index < -0.39 is 42.9 Å². The van der Waals surface area contributed by atoms with Crippen LogP contribution in [0.25, 0.3) is 11.1 Å². The van der Waals surface area contributed by atoms with Crippen LogP contribution in [0.5, 0.6) is 0 Å². The highest BCUT2D eigenvalue weighted by atomic mass is 19.3. The number of hydrogen-bond donors (Lipinski definition) is 1. The number of hydrogen-bond acceptors (Lipinski definition) is 5. The highest BCUT2D eigenvalue weighted by Gasteiger charge is 2.54. The summed E-state index contributed by atoms with van der Waals surface area (Å²) in [6.07, 6.45) is 0.934. The molecule has 1 unspecified atom stereocenters. The molecule has 1 aromatic heterocycles. The van der Waals surface area contributed by atoms with Gasteiger partial charge in [0.15, 0.2) is 0 Å². The average Bonchev–Trinajstić information content (AvgIpc) is 3.13. The van der Waals surface area contributed by atoms with Crippen molar-refractivity contribution in [2.24, 2.45) is 5.92 Å². The van der Waals surface area contributed by atoms with Gasteiger partial charge in [-0.25, -0.2) is 8.78 Å². The average molecular weight is 433 g/mol. The summed E-state index contributed by atoms with van der Waals surface area (Å²) >= 11 is 0. The molecule has 0 bridgehead atoms. The van der Waals surface area contributed by atoms with Crippen molar-refractivity contribution in [1.82, 2.24) is 9.78 Å². The first-order chi connectivity index (χ1) is 14.6. The zero-order valence-electron chi connectivity index (χ0n) is 17.2. The number of rotatable bonds is 4. The molecule has 0 saturated heterocycles. The first-order valence-corrected chi connectivity index (χ1v) is 10.1. The van der Waals surface area contributed by atoms with Crippen molar-refractivity contribution in [1.29, 1.82) is 0 Å². The molecule has 4 rings (SSSR count). The highest BCUT2D eigenvalue weighted by Crippen LogP contribution is 2.50. The minimum Gasteiger partial charge on any atom is -0.530 e. The van der Waals surface area contributed by atoms with Crippen molar-refractivity contribution in [3.05, 3.63) is 30.6 Å². The van der Waals surface area contributed by atoms with Crippen molar-refractivity contribution in [2.75, 3.05) is 16.4 Å². The van der Waals surface area contributed by atoms with E-state index in [1.807, 2.05) is 0 Å². The molecular formula is C21H23F2N4O4-. The van der Waals surface area contributed by atoms with Crippen molar-refractivity contribution >= 4 is 23.4 Å². The third-order valence-corrected chi connectivity index (χ3v) is 6.13. The molecular weight excluding hydrogens is 410 g/mol. The summed E-state index contributed by atoms with van der Waals surface area (Å²) in [6, 6.07) is 3.54. The number of fused-ring (bicyclic) bond motifs is 1. The number of aliphatic hydroxyl groups is 1. The minimum atomic E-state index is -2.83. The van der Waals surface area contributed by atoms with E-state index in [9.17, 15) is 23.5 Å². The van der Waals surface area contributed by atoms with Gasteiger partial charge in [-0.1, -0.05) is 6.07 Å². The van der Waals surface area contributed by atoms with Gasteiger partial charge in [-0.3, -0.25) is 9.48 Å². The Balaban J connectivity index is 1.80. The van der Waals surface area contributed by atoms with Gasteiger partial charge in [0.2, 0.25) is 11.8 Å². The third kappa shape index (κ3) is 3.65. The number of anilines is 2. The molecule has 1 aliphatic carbocycles. The number of halogens is 2. The summed E-state index contributed by atoms with van der Waals surface area (Å²) in [5.74, 6) is -3.72. The van der Waals surface area contributed by atoms with Crippen LogP contribution in [0.1, 0.15) is 26.7 Å². The van der Waals surface area contributed by atoms with Crippen LogP contribution in [-0.4, -0.2) is 51.5 Å². The molecule has 8 nitrogen and oxygen atoms in total. The van der Waals surface area contributed by atoms with Gasteiger partial charge in [0, 0.05) is 31.5 Å². The number of alkyl halides is 2. The maximum Gasteiger partial charge on any atom is 0.248 e. The fourth-order valence-corrected chi connectivity index (χ4v) is 4.82.